The van der Waals surface area contributed by atoms with E-state index in [4.69, 9.17) is 5.73 Å². The molecule has 0 saturated heterocycles. The highest BCUT2D eigenvalue weighted by atomic mass is 32.3. The van der Waals surface area contributed by atoms with Crippen LogP contribution in [-0.2, 0) is 15.3 Å². The molecule has 2 N–H and O–H groups in total. The first-order chi connectivity index (χ1) is 6.92. The minimum absolute atomic E-state index is 0.181. The van der Waals surface area contributed by atoms with Gasteiger partial charge in [0.15, 0.2) is 0 Å². The van der Waals surface area contributed by atoms with E-state index < -0.39 is 16.5 Å². The van der Waals surface area contributed by atoms with Crippen LogP contribution >= 0.6 is 0 Å². The van der Waals surface area contributed by atoms with Crippen LogP contribution in [0.15, 0.2) is 24.3 Å². The van der Waals surface area contributed by atoms with Crippen molar-refractivity contribution in [3.05, 3.63) is 29.8 Å². The zero-order valence-corrected chi connectivity index (χ0v) is 8.28. The van der Waals surface area contributed by atoms with Crippen LogP contribution < -0.4 is 9.92 Å². The van der Waals surface area contributed by atoms with E-state index in [0.717, 1.165) is 0 Å². The number of carbonyl (C=O) groups excluding carboxylic acids is 1. The van der Waals surface area contributed by atoms with Gasteiger partial charge in [0.05, 0.1) is 6.04 Å². The first-order valence-corrected chi connectivity index (χ1v) is 5.18. The lowest BCUT2D eigenvalue weighted by atomic mass is 10.1. The Balaban J connectivity index is 2.86. The van der Waals surface area contributed by atoms with Crippen molar-refractivity contribution in [2.45, 2.75) is 6.04 Å². The third-order valence-corrected chi connectivity index (χ3v) is 2.00. The molecule has 0 fully saturated rings. The molecule has 1 aromatic rings. The van der Waals surface area contributed by atoms with E-state index in [2.05, 4.69) is 4.18 Å². The van der Waals surface area contributed by atoms with Crippen molar-refractivity contribution in [2.24, 2.45) is 5.73 Å². The van der Waals surface area contributed by atoms with E-state index in [1.54, 1.807) is 0 Å². The van der Waals surface area contributed by atoms with Gasteiger partial charge < -0.3 is 14.7 Å². The average Bonchev–Trinajstić information content (AvgIpc) is 2.15. The molecule has 0 aromatic heterocycles. The fourth-order valence-corrected chi connectivity index (χ4v) is 1.28. The van der Waals surface area contributed by atoms with Gasteiger partial charge in [-0.25, -0.2) is 0 Å². The molecule has 0 saturated carbocycles. The van der Waals surface area contributed by atoms with Crippen LogP contribution in [0.25, 0.3) is 0 Å². The maximum Gasteiger partial charge on any atom is 0.488 e. The quantitative estimate of drug-likeness (QED) is 0.603. The Morgan fingerprint density at radius 1 is 1.33 bits per heavy atom. The fraction of sp³-hybridized carbons (Fsp3) is 0.125. The fourth-order valence-electron chi connectivity index (χ4n) is 0.939. The summed E-state index contributed by atoms with van der Waals surface area (Å²) in [7, 11) is -5.02. The Labute approximate surface area is 86.1 Å². The first-order valence-electron chi connectivity index (χ1n) is 3.87. The van der Waals surface area contributed by atoms with E-state index in [-0.39, 0.29) is 5.75 Å². The monoisotopic (exact) mass is 233 g/mol. The molecule has 1 atom stereocenters. The molecule has 82 valence electrons. The highest BCUT2D eigenvalue weighted by Crippen LogP contribution is 2.17. The van der Waals surface area contributed by atoms with Crippen molar-refractivity contribution in [1.82, 2.24) is 0 Å². The highest BCUT2D eigenvalue weighted by molar-refractivity contribution is 7.81. The second-order valence-electron chi connectivity index (χ2n) is 2.71. The molecule has 1 aromatic carbocycles. The van der Waals surface area contributed by atoms with Crippen LogP contribution in [0.1, 0.15) is 11.6 Å². The molecule has 0 heterocycles. The number of benzene rings is 1. The summed E-state index contributed by atoms with van der Waals surface area (Å²) in [5, 5.41) is 0. The molecule has 7 heteroatoms. The SMILES string of the molecule is N[C@@H](C=O)c1ccc(OS(=O)(=O)F)cc1. The number of hydrogen-bond donors (Lipinski definition) is 1. The molecule has 0 aliphatic carbocycles. The van der Waals surface area contributed by atoms with Gasteiger partial charge in [-0.1, -0.05) is 16.0 Å². The largest absolute Gasteiger partial charge is 0.488 e. The third kappa shape index (κ3) is 3.64. The molecular formula is C8H8FNO4S. The van der Waals surface area contributed by atoms with Gasteiger partial charge in [0.1, 0.15) is 12.0 Å². The van der Waals surface area contributed by atoms with Crippen LogP contribution in [0.5, 0.6) is 5.75 Å². The third-order valence-electron chi connectivity index (χ3n) is 1.61. The Morgan fingerprint density at radius 3 is 2.27 bits per heavy atom. The number of aldehydes is 1. The lowest BCUT2D eigenvalue weighted by Gasteiger charge is -2.04. The van der Waals surface area contributed by atoms with E-state index in [1.807, 2.05) is 0 Å². The van der Waals surface area contributed by atoms with E-state index >= 15 is 0 Å². The van der Waals surface area contributed by atoms with Crippen LogP contribution in [0.2, 0.25) is 0 Å². The molecule has 1 rings (SSSR count). The zero-order valence-electron chi connectivity index (χ0n) is 7.46. The molecule has 0 unspecified atom stereocenters. The minimum Gasteiger partial charge on any atom is -0.358 e. The molecule has 0 spiro atoms. The Hall–Kier alpha value is -1.47. The number of rotatable bonds is 4. The topological polar surface area (TPSA) is 86.5 Å². The lowest BCUT2D eigenvalue weighted by molar-refractivity contribution is -0.109. The molecular weight excluding hydrogens is 225 g/mol. The van der Waals surface area contributed by atoms with Gasteiger partial charge in [-0.15, -0.1) is 0 Å². The van der Waals surface area contributed by atoms with Crippen LogP contribution in [0.4, 0.5) is 3.89 Å². The minimum atomic E-state index is -5.02. The summed E-state index contributed by atoms with van der Waals surface area (Å²) in [6.07, 6.45) is 0.530. The van der Waals surface area contributed by atoms with Crippen molar-refractivity contribution in [3.8, 4) is 5.75 Å². The zero-order chi connectivity index (χ0) is 11.5. The van der Waals surface area contributed by atoms with Gasteiger partial charge in [0.25, 0.3) is 0 Å². The van der Waals surface area contributed by atoms with E-state index in [9.17, 15) is 17.1 Å². The summed E-state index contributed by atoms with van der Waals surface area (Å²) in [6, 6.07) is 4.37. The van der Waals surface area contributed by atoms with Gasteiger partial charge >= 0.3 is 10.5 Å². The highest BCUT2D eigenvalue weighted by Gasteiger charge is 2.10. The number of carbonyl (C=O) groups is 1. The standard InChI is InChI=1S/C8H8FNO4S/c9-15(12,13)14-7-3-1-6(2-4-7)8(10)5-11/h1-5,8H,10H2/t8-/m0/s1. The summed E-state index contributed by atoms with van der Waals surface area (Å²) in [5.74, 6) is -0.181. The van der Waals surface area contributed by atoms with Gasteiger partial charge in [0, 0.05) is 0 Å². The number of halogens is 1. The average molecular weight is 233 g/mol. The second kappa shape index (κ2) is 4.37. The second-order valence-corrected chi connectivity index (χ2v) is 3.66. The van der Waals surface area contributed by atoms with Gasteiger partial charge in [-0.3, -0.25) is 0 Å². The molecule has 15 heavy (non-hydrogen) atoms. The smallest absolute Gasteiger partial charge is 0.358 e. The Kier molecular flexibility index (Phi) is 3.38. The number of hydrogen-bond acceptors (Lipinski definition) is 5. The molecule has 0 aliphatic heterocycles. The van der Waals surface area contributed by atoms with E-state index in [0.29, 0.717) is 11.8 Å². The summed E-state index contributed by atoms with van der Waals surface area (Å²) in [5.41, 5.74) is 5.85. The van der Waals surface area contributed by atoms with Crippen LogP contribution in [-0.4, -0.2) is 14.7 Å². The van der Waals surface area contributed by atoms with Crippen LogP contribution in [0, 0.1) is 0 Å². The van der Waals surface area contributed by atoms with Gasteiger partial charge in [0.2, 0.25) is 0 Å². The predicted molar refractivity (Wildman–Crippen MR) is 50.1 cm³/mol. The molecule has 0 bridgehead atoms. The first kappa shape index (κ1) is 11.6. The Morgan fingerprint density at radius 2 is 1.87 bits per heavy atom. The summed E-state index contributed by atoms with van der Waals surface area (Å²) < 4.78 is 36.2. The molecule has 0 amide bonds. The molecule has 0 radical (unpaired) electrons. The van der Waals surface area contributed by atoms with E-state index in [1.165, 1.54) is 24.3 Å². The van der Waals surface area contributed by atoms with Crippen molar-refractivity contribution in [2.75, 3.05) is 0 Å². The summed E-state index contributed by atoms with van der Waals surface area (Å²) in [4.78, 5) is 10.3. The number of nitrogens with two attached hydrogens (primary N) is 1. The lowest BCUT2D eigenvalue weighted by Crippen LogP contribution is -2.11. The van der Waals surface area contributed by atoms with Crippen molar-refractivity contribution >= 4 is 16.8 Å². The predicted octanol–water partition coefficient (Wildman–Crippen LogP) is 0.478. The molecule has 0 aliphatic rings. The maximum atomic E-state index is 12.1. The van der Waals surface area contributed by atoms with Gasteiger partial charge in [-0.05, 0) is 17.7 Å². The van der Waals surface area contributed by atoms with Crippen molar-refractivity contribution < 1.29 is 21.3 Å². The van der Waals surface area contributed by atoms with Crippen LogP contribution in [0.3, 0.4) is 0 Å². The Bertz CT molecular complexity index is 442. The van der Waals surface area contributed by atoms with Crippen molar-refractivity contribution in [1.29, 1.82) is 0 Å². The van der Waals surface area contributed by atoms with Crippen molar-refractivity contribution in [3.63, 3.8) is 0 Å². The summed E-state index contributed by atoms with van der Waals surface area (Å²) >= 11 is 0. The molecule has 5 nitrogen and oxygen atoms in total. The normalized spacial score (nSPS) is 13.2. The summed E-state index contributed by atoms with van der Waals surface area (Å²) in [6.45, 7) is 0. The maximum absolute atomic E-state index is 12.1. The van der Waals surface area contributed by atoms with Gasteiger partial charge in [-0.2, -0.15) is 8.42 Å².